The molecule has 2 aromatic heterocycles. The van der Waals surface area contributed by atoms with Crippen molar-refractivity contribution in [1.29, 1.82) is 0 Å². The molecule has 0 amide bonds. The van der Waals surface area contributed by atoms with Crippen LogP contribution in [0, 0.1) is 0 Å². The summed E-state index contributed by atoms with van der Waals surface area (Å²) >= 11 is 0. The zero-order chi connectivity index (χ0) is 28.1. The van der Waals surface area contributed by atoms with Crippen molar-refractivity contribution in [2.45, 2.75) is 13.0 Å². The molecule has 6 rings (SSSR count). The van der Waals surface area contributed by atoms with Crippen molar-refractivity contribution in [3.63, 3.8) is 0 Å². The number of hydrogen-bond donors (Lipinski definition) is 0. The van der Waals surface area contributed by atoms with E-state index in [1.54, 1.807) is 48.7 Å². The summed E-state index contributed by atoms with van der Waals surface area (Å²) in [5.74, 6) is 3.40. The minimum atomic E-state index is -0.451. The summed E-state index contributed by atoms with van der Waals surface area (Å²) in [4.78, 5) is 13.8. The predicted molar refractivity (Wildman–Crippen MR) is 152 cm³/mol. The molecular formula is C31H29NO8. The fourth-order valence-electron chi connectivity index (χ4n) is 5.74. The highest BCUT2D eigenvalue weighted by Gasteiger charge is 2.31. The lowest BCUT2D eigenvalue weighted by molar-refractivity contribution is 0.354. The van der Waals surface area contributed by atoms with Crippen LogP contribution in [0.1, 0.15) is 5.56 Å². The highest BCUT2D eigenvalue weighted by molar-refractivity contribution is 6.17. The summed E-state index contributed by atoms with van der Waals surface area (Å²) in [6.07, 6.45) is 0.727. The van der Waals surface area contributed by atoms with Crippen LogP contribution in [-0.4, -0.2) is 47.2 Å². The van der Waals surface area contributed by atoms with E-state index in [1.807, 2.05) is 36.4 Å². The summed E-state index contributed by atoms with van der Waals surface area (Å²) in [5.41, 5.74) is 4.35. The first-order valence-corrected chi connectivity index (χ1v) is 12.7. The smallest absolute Gasteiger partial charge is 0.346 e. The SMILES string of the molecule is COc1ccc(-c2c3c(c4n2CCc2cc(OC)c(OC)cc2-4)c(=O)oc2cc(OC)c(OC)cc23)cc1OC. The lowest BCUT2D eigenvalue weighted by atomic mass is 9.96. The van der Waals surface area contributed by atoms with Gasteiger partial charge >= 0.3 is 5.63 Å². The van der Waals surface area contributed by atoms with Crippen molar-refractivity contribution in [1.82, 2.24) is 4.57 Å². The third-order valence-corrected chi connectivity index (χ3v) is 7.55. The second kappa shape index (κ2) is 9.75. The number of nitrogens with zero attached hydrogens (tertiary/aromatic N) is 1. The molecule has 3 heterocycles. The van der Waals surface area contributed by atoms with E-state index in [0.29, 0.717) is 52.0 Å². The molecule has 0 fully saturated rings. The average Bonchev–Trinajstić information content (AvgIpc) is 3.35. The fraction of sp³-hybridized carbons (Fsp3) is 0.258. The zero-order valence-electron chi connectivity index (χ0n) is 23.2. The number of aromatic nitrogens is 1. The molecule has 40 heavy (non-hydrogen) atoms. The van der Waals surface area contributed by atoms with Crippen molar-refractivity contribution in [2.24, 2.45) is 0 Å². The third kappa shape index (κ3) is 3.65. The Morgan fingerprint density at radius 3 is 1.93 bits per heavy atom. The van der Waals surface area contributed by atoms with Gasteiger partial charge in [0.15, 0.2) is 34.5 Å². The molecule has 0 saturated heterocycles. The minimum absolute atomic E-state index is 0.396. The van der Waals surface area contributed by atoms with E-state index in [4.69, 9.17) is 32.8 Å². The van der Waals surface area contributed by atoms with E-state index in [0.717, 1.165) is 45.3 Å². The zero-order valence-corrected chi connectivity index (χ0v) is 23.2. The van der Waals surface area contributed by atoms with Crippen molar-refractivity contribution in [3.8, 4) is 57.0 Å². The Labute approximate surface area is 230 Å². The van der Waals surface area contributed by atoms with E-state index in [9.17, 15) is 4.79 Å². The Hall–Kier alpha value is -4.79. The lowest BCUT2D eigenvalue weighted by Gasteiger charge is -2.23. The summed E-state index contributed by atoms with van der Waals surface area (Å²) in [6, 6.07) is 13.2. The number of fused-ring (bicyclic) bond motifs is 7. The number of benzene rings is 3. The van der Waals surface area contributed by atoms with Crippen LogP contribution in [0.15, 0.2) is 51.7 Å². The van der Waals surface area contributed by atoms with Gasteiger partial charge in [0, 0.05) is 34.5 Å². The summed E-state index contributed by atoms with van der Waals surface area (Å²) in [5, 5.41) is 1.94. The Morgan fingerprint density at radius 2 is 1.25 bits per heavy atom. The van der Waals surface area contributed by atoms with Gasteiger partial charge in [0.25, 0.3) is 0 Å². The fourth-order valence-corrected chi connectivity index (χ4v) is 5.74. The Kier molecular flexibility index (Phi) is 6.21. The molecule has 0 unspecified atom stereocenters. The molecule has 0 spiro atoms. The first kappa shape index (κ1) is 25.5. The number of aryl methyl sites for hydroxylation is 1. The molecule has 206 valence electrons. The number of methoxy groups -OCH3 is 6. The molecule has 0 atom stereocenters. The topological polar surface area (TPSA) is 90.5 Å². The van der Waals surface area contributed by atoms with Gasteiger partial charge in [-0.05, 0) is 48.4 Å². The van der Waals surface area contributed by atoms with Crippen LogP contribution >= 0.6 is 0 Å². The van der Waals surface area contributed by atoms with Gasteiger partial charge in [0.05, 0.1) is 59.4 Å². The molecular weight excluding hydrogens is 514 g/mol. The van der Waals surface area contributed by atoms with Crippen LogP contribution in [0.2, 0.25) is 0 Å². The number of hydrogen-bond acceptors (Lipinski definition) is 8. The molecule has 0 N–H and O–H groups in total. The largest absolute Gasteiger partial charge is 0.493 e. The van der Waals surface area contributed by atoms with Gasteiger partial charge in [-0.3, -0.25) is 0 Å². The Morgan fingerprint density at radius 1 is 0.650 bits per heavy atom. The van der Waals surface area contributed by atoms with E-state index in [2.05, 4.69) is 4.57 Å². The first-order valence-electron chi connectivity index (χ1n) is 12.7. The van der Waals surface area contributed by atoms with Gasteiger partial charge in [-0.1, -0.05) is 0 Å². The number of rotatable bonds is 7. The molecule has 0 radical (unpaired) electrons. The molecule has 5 aromatic rings. The molecule has 0 bridgehead atoms. The van der Waals surface area contributed by atoms with Crippen LogP contribution in [0.5, 0.6) is 34.5 Å². The van der Waals surface area contributed by atoms with Crippen LogP contribution in [0.3, 0.4) is 0 Å². The van der Waals surface area contributed by atoms with E-state index in [1.165, 1.54) is 0 Å². The maximum Gasteiger partial charge on any atom is 0.346 e. The molecule has 0 saturated carbocycles. The average molecular weight is 544 g/mol. The molecule has 9 heteroatoms. The standard InChI is InChI=1S/C31H29NO8/c1-34-20-8-7-17(12-22(20)35-2)29-27-19-14-25(38-5)26(39-6)15-21(19)40-31(33)28(27)30-18-13-24(37-4)23(36-3)11-16(18)9-10-32(29)30/h7-8,11-15H,9-10H2,1-6H3. The Bertz CT molecular complexity index is 1850. The lowest BCUT2D eigenvalue weighted by Crippen LogP contribution is -2.13. The van der Waals surface area contributed by atoms with E-state index >= 15 is 0 Å². The number of ether oxygens (including phenoxy) is 6. The van der Waals surface area contributed by atoms with E-state index in [-0.39, 0.29) is 0 Å². The van der Waals surface area contributed by atoms with Gasteiger partial charge in [0.1, 0.15) is 5.58 Å². The Balaban J connectivity index is 1.81. The monoisotopic (exact) mass is 543 g/mol. The van der Waals surface area contributed by atoms with Crippen molar-refractivity contribution in [2.75, 3.05) is 42.7 Å². The van der Waals surface area contributed by atoms with Crippen molar-refractivity contribution in [3.05, 3.63) is 58.4 Å². The van der Waals surface area contributed by atoms with Gasteiger partial charge in [-0.15, -0.1) is 0 Å². The van der Waals surface area contributed by atoms with Crippen LogP contribution < -0.4 is 34.0 Å². The van der Waals surface area contributed by atoms with Crippen LogP contribution in [-0.2, 0) is 13.0 Å². The molecule has 1 aliphatic rings. The van der Waals surface area contributed by atoms with Gasteiger partial charge in [-0.25, -0.2) is 4.79 Å². The normalized spacial score (nSPS) is 12.2. The molecule has 1 aliphatic heterocycles. The van der Waals surface area contributed by atoms with Gasteiger partial charge < -0.3 is 37.4 Å². The second-order valence-electron chi connectivity index (χ2n) is 9.38. The van der Waals surface area contributed by atoms with Crippen molar-refractivity contribution >= 4 is 21.7 Å². The van der Waals surface area contributed by atoms with Crippen LogP contribution in [0.25, 0.3) is 44.3 Å². The third-order valence-electron chi connectivity index (χ3n) is 7.55. The van der Waals surface area contributed by atoms with Crippen LogP contribution in [0.4, 0.5) is 0 Å². The highest BCUT2D eigenvalue weighted by Crippen LogP contribution is 2.48. The molecule has 3 aromatic carbocycles. The summed E-state index contributed by atoms with van der Waals surface area (Å²) < 4.78 is 41.6. The second-order valence-corrected chi connectivity index (χ2v) is 9.38. The summed E-state index contributed by atoms with van der Waals surface area (Å²) in [6.45, 7) is 0.629. The van der Waals surface area contributed by atoms with E-state index < -0.39 is 5.63 Å². The van der Waals surface area contributed by atoms with Gasteiger partial charge in [0.2, 0.25) is 0 Å². The van der Waals surface area contributed by atoms with Gasteiger partial charge in [-0.2, -0.15) is 0 Å². The quantitative estimate of drug-likeness (QED) is 0.242. The molecule has 0 aliphatic carbocycles. The molecule has 9 nitrogen and oxygen atoms in total. The first-order chi connectivity index (χ1) is 19.5. The maximum atomic E-state index is 13.8. The maximum absolute atomic E-state index is 13.8. The predicted octanol–water partition coefficient (Wildman–Crippen LogP) is 5.69. The summed E-state index contributed by atoms with van der Waals surface area (Å²) in [7, 11) is 9.54. The van der Waals surface area contributed by atoms with Crippen molar-refractivity contribution < 1.29 is 32.8 Å². The minimum Gasteiger partial charge on any atom is -0.493 e. The highest BCUT2D eigenvalue weighted by atomic mass is 16.5.